The summed E-state index contributed by atoms with van der Waals surface area (Å²) >= 11 is 12.3. The van der Waals surface area contributed by atoms with E-state index in [4.69, 9.17) is 27.9 Å². The molecule has 0 atom stereocenters. The number of benzene rings is 2. The molecule has 0 aliphatic heterocycles. The average Bonchev–Trinajstić information content (AvgIpc) is 2.46. The van der Waals surface area contributed by atoms with Gasteiger partial charge in [-0.15, -0.1) is 0 Å². The van der Waals surface area contributed by atoms with Crippen LogP contribution < -0.4 is 10.1 Å². The Morgan fingerprint density at radius 3 is 2.60 bits per heavy atom. The first-order valence-corrected chi connectivity index (χ1v) is 7.24. The van der Waals surface area contributed by atoms with Crippen molar-refractivity contribution in [3.63, 3.8) is 0 Å². The van der Waals surface area contributed by atoms with Gasteiger partial charge in [-0.1, -0.05) is 36.2 Å². The summed E-state index contributed by atoms with van der Waals surface area (Å²) in [5, 5.41) is 4.73. The lowest BCUT2D eigenvalue weighted by atomic mass is 10.0. The number of hydrogen-bond acceptors (Lipinski definition) is 2. The van der Waals surface area contributed by atoms with Crippen molar-refractivity contribution in [3.8, 4) is 16.9 Å². The average molecular weight is 310 g/mol. The molecular formula is C16H17Cl2NO. The van der Waals surface area contributed by atoms with Gasteiger partial charge in [-0.05, 0) is 48.0 Å². The molecule has 1 N–H and O–H groups in total. The van der Waals surface area contributed by atoms with Crippen LogP contribution >= 0.6 is 23.2 Å². The largest absolute Gasteiger partial charge is 0.496 e. The third-order valence-corrected chi connectivity index (χ3v) is 3.69. The zero-order valence-electron chi connectivity index (χ0n) is 11.5. The summed E-state index contributed by atoms with van der Waals surface area (Å²) < 4.78 is 5.40. The summed E-state index contributed by atoms with van der Waals surface area (Å²) in [7, 11) is 1.65. The summed E-state index contributed by atoms with van der Waals surface area (Å²) in [5.74, 6) is 0.797. The maximum atomic E-state index is 6.23. The fourth-order valence-corrected chi connectivity index (χ4v) is 2.40. The van der Waals surface area contributed by atoms with Crippen LogP contribution in [-0.4, -0.2) is 13.7 Å². The molecule has 0 saturated carbocycles. The molecule has 2 rings (SSSR count). The van der Waals surface area contributed by atoms with Crippen molar-refractivity contribution in [1.29, 1.82) is 0 Å². The minimum absolute atomic E-state index is 0.684. The van der Waals surface area contributed by atoms with E-state index in [1.165, 1.54) is 0 Å². The molecule has 0 spiro atoms. The van der Waals surface area contributed by atoms with Crippen molar-refractivity contribution in [2.45, 2.75) is 13.5 Å². The Morgan fingerprint density at radius 2 is 1.90 bits per heavy atom. The molecular weight excluding hydrogens is 293 g/mol. The molecule has 2 aromatic carbocycles. The van der Waals surface area contributed by atoms with E-state index in [1.807, 2.05) is 30.3 Å². The molecule has 0 radical (unpaired) electrons. The Hall–Kier alpha value is -1.22. The van der Waals surface area contributed by atoms with E-state index in [1.54, 1.807) is 7.11 Å². The SMILES string of the molecule is CCNCc1cc(-c2cc(Cl)ccc2OC)ccc1Cl. The quantitative estimate of drug-likeness (QED) is 0.858. The highest BCUT2D eigenvalue weighted by molar-refractivity contribution is 6.31. The Morgan fingerprint density at radius 1 is 1.10 bits per heavy atom. The third kappa shape index (κ3) is 3.45. The lowest BCUT2D eigenvalue weighted by molar-refractivity contribution is 0.416. The van der Waals surface area contributed by atoms with Gasteiger partial charge in [0.15, 0.2) is 0 Å². The van der Waals surface area contributed by atoms with E-state index in [-0.39, 0.29) is 0 Å². The Balaban J connectivity index is 2.44. The van der Waals surface area contributed by atoms with Crippen LogP contribution in [0.2, 0.25) is 10.0 Å². The monoisotopic (exact) mass is 309 g/mol. The van der Waals surface area contributed by atoms with Crippen LogP contribution in [0.15, 0.2) is 36.4 Å². The number of rotatable bonds is 5. The van der Waals surface area contributed by atoms with Gasteiger partial charge in [0.05, 0.1) is 7.11 Å². The second-order valence-electron chi connectivity index (χ2n) is 4.43. The van der Waals surface area contributed by atoms with Crippen LogP contribution in [-0.2, 0) is 6.54 Å². The van der Waals surface area contributed by atoms with Crippen LogP contribution in [0.4, 0.5) is 0 Å². The van der Waals surface area contributed by atoms with E-state index in [0.717, 1.165) is 40.6 Å². The van der Waals surface area contributed by atoms with E-state index in [2.05, 4.69) is 18.3 Å². The fraction of sp³-hybridized carbons (Fsp3) is 0.250. The lowest BCUT2D eigenvalue weighted by Crippen LogP contribution is -2.12. The number of ether oxygens (including phenoxy) is 1. The van der Waals surface area contributed by atoms with Crippen LogP contribution in [0.25, 0.3) is 11.1 Å². The minimum atomic E-state index is 0.684. The molecule has 2 aromatic rings. The highest BCUT2D eigenvalue weighted by atomic mass is 35.5. The Kier molecular flexibility index (Phi) is 5.30. The van der Waals surface area contributed by atoms with Gasteiger partial charge in [0.25, 0.3) is 0 Å². The fourth-order valence-electron chi connectivity index (χ4n) is 2.04. The van der Waals surface area contributed by atoms with E-state index in [9.17, 15) is 0 Å². The van der Waals surface area contributed by atoms with Crippen molar-refractivity contribution in [2.24, 2.45) is 0 Å². The molecule has 2 nitrogen and oxygen atoms in total. The van der Waals surface area contributed by atoms with Gasteiger partial charge < -0.3 is 10.1 Å². The number of halogens is 2. The molecule has 0 bridgehead atoms. The van der Waals surface area contributed by atoms with Crippen LogP contribution in [0, 0.1) is 0 Å². The molecule has 20 heavy (non-hydrogen) atoms. The highest BCUT2D eigenvalue weighted by Crippen LogP contribution is 2.34. The third-order valence-electron chi connectivity index (χ3n) is 3.08. The van der Waals surface area contributed by atoms with Crippen LogP contribution in [0.3, 0.4) is 0 Å². The van der Waals surface area contributed by atoms with Gasteiger partial charge in [-0.2, -0.15) is 0 Å². The normalized spacial score (nSPS) is 10.6. The predicted octanol–water partition coefficient (Wildman–Crippen LogP) is 4.78. The van der Waals surface area contributed by atoms with E-state index in [0.29, 0.717) is 5.02 Å². The van der Waals surface area contributed by atoms with Crippen molar-refractivity contribution >= 4 is 23.2 Å². The standard InChI is InChI=1S/C16H17Cl2NO/c1-3-19-10-12-8-11(4-6-15(12)18)14-9-13(17)5-7-16(14)20-2/h4-9,19H,3,10H2,1-2H3. The second-order valence-corrected chi connectivity index (χ2v) is 5.27. The summed E-state index contributed by atoms with van der Waals surface area (Å²) in [4.78, 5) is 0. The number of methoxy groups -OCH3 is 1. The van der Waals surface area contributed by atoms with Gasteiger partial charge in [0.1, 0.15) is 5.75 Å². The number of nitrogens with one attached hydrogen (secondary N) is 1. The highest BCUT2D eigenvalue weighted by Gasteiger charge is 2.09. The lowest BCUT2D eigenvalue weighted by Gasteiger charge is -2.12. The minimum Gasteiger partial charge on any atom is -0.496 e. The van der Waals surface area contributed by atoms with Crippen LogP contribution in [0.1, 0.15) is 12.5 Å². The van der Waals surface area contributed by atoms with Gasteiger partial charge in [0, 0.05) is 22.2 Å². The number of hydrogen-bond donors (Lipinski definition) is 1. The van der Waals surface area contributed by atoms with E-state index >= 15 is 0 Å². The van der Waals surface area contributed by atoms with Crippen LogP contribution in [0.5, 0.6) is 5.75 Å². The van der Waals surface area contributed by atoms with Gasteiger partial charge >= 0.3 is 0 Å². The summed E-state index contributed by atoms with van der Waals surface area (Å²) in [5.41, 5.74) is 3.07. The zero-order valence-corrected chi connectivity index (χ0v) is 13.1. The molecule has 0 amide bonds. The van der Waals surface area contributed by atoms with Crippen molar-refractivity contribution < 1.29 is 4.74 Å². The molecule has 0 aliphatic carbocycles. The summed E-state index contributed by atoms with van der Waals surface area (Å²) in [6, 6.07) is 11.5. The topological polar surface area (TPSA) is 21.3 Å². The van der Waals surface area contributed by atoms with Gasteiger partial charge in [0.2, 0.25) is 0 Å². The summed E-state index contributed by atoms with van der Waals surface area (Å²) in [6.45, 7) is 3.71. The molecule has 0 aromatic heterocycles. The molecule has 4 heteroatoms. The molecule has 0 unspecified atom stereocenters. The molecule has 106 valence electrons. The maximum Gasteiger partial charge on any atom is 0.126 e. The van der Waals surface area contributed by atoms with Crippen molar-refractivity contribution in [2.75, 3.05) is 13.7 Å². The van der Waals surface area contributed by atoms with Crippen molar-refractivity contribution in [3.05, 3.63) is 52.0 Å². The first kappa shape index (κ1) is 15.2. The zero-order chi connectivity index (χ0) is 14.5. The van der Waals surface area contributed by atoms with Crippen molar-refractivity contribution in [1.82, 2.24) is 5.32 Å². The van der Waals surface area contributed by atoms with E-state index < -0.39 is 0 Å². The predicted molar refractivity (Wildman–Crippen MR) is 85.8 cm³/mol. The molecule has 0 saturated heterocycles. The smallest absolute Gasteiger partial charge is 0.126 e. The first-order valence-electron chi connectivity index (χ1n) is 6.48. The first-order chi connectivity index (χ1) is 9.65. The molecule has 0 fully saturated rings. The molecule has 0 aliphatic rings. The maximum absolute atomic E-state index is 6.23. The second kappa shape index (κ2) is 6.98. The Labute approximate surface area is 129 Å². The molecule has 0 heterocycles. The van der Waals surface area contributed by atoms with Gasteiger partial charge in [-0.25, -0.2) is 0 Å². The van der Waals surface area contributed by atoms with Gasteiger partial charge in [-0.3, -0.25) is 0 Å². The summed E-state index contributed by atoms with van der Waals surface area (Å²) in [6.07, 6.45) is 0. The Bertz CT molecular complexity index is 599.